The van der Waals surface area contributed by atoms with Crippen LogP contribution in [0.2, 0.25) is 0 Å². The molecule has 2 N–H and O–H groups in total. The molecule has 0 spiro atoms. The third kappa shape index (κ3) is 2.57. The van der Waals surface area contributed by atoms with E-state index in [9.17, 15) is 9.18 Å². The zero-order valence-electron chi connectivity index (χ0n) is 9.18. The van der Waals surface area contributed by atoms with Gasteiger partial charge in [-0.2, -0.15) is 0 Å². The molecule has 0 bridgehead atoms. The molecule has 1 heterocycles. The van der Waals surface area contributed by atoms with Crippen molar-refractivity contribution < 1.29 is 9.18 Å². The second-order valence-corrected chi connectivity index (χ2v) is 4.59. The number of benzene rings is 1. The van der Waals surface area contributed by atoms with Crippen LogP contribution in [0.1, 0.15) is 34.0 Å². The number of nitrogens with two attached hydrogens (primary N) is 1. The number of hydrogen-bond donors (Lipinski definition) is 1. The molecule has 0 aliphatic carbocycles. The summed E-state index contributed by atoms with van der Waals surface area (Å²) < 4.78 is 12.7. The Bertz CT molecular complexity index is 534. The molecule has 2 aromatic rings. The minimum Gasteiger partial charge on any atom is -0.322 e. The fourth-order valence-corrected chi connectivity index (χ4v) is 2.11. The van der Waals surface area contributed by atoms with Gasteiger partial charge < -0.3 is 5.73 Å². The van der Waals surface area contributed by atoms with Crippen LogP contribution in [0.15, 0.2) is 29.6 Å². The van der Waals surface area contributed by atoms with E-state index in [1.807, 2.05) is 6.92 Å². The van der Waals surface area contributed by atoms with E-state index in [4.69, 9.17) is 5.73 Å². The summed E-state index contributed by atoms with van der Waals surface area (Å²) in [7, 11) is 0. The summed E-state index contributed by atoms with van der Waals surface area (Å²) in [5, 5.41) is 2.39. The normalized spacial score (nSPS) is 12.4. The maximum atomic E-state index is 12.7. The number of ketones is 1. The molecule has 88 valence electrons. The van der Waals surface area contributed by atoms with Crippen molar-refractivity contribution in [1.82, 2.24) is 4.98 Å². The molecular weight excluding hydrogens is 239 g/mol. The van der Waals surface area contributed by atoms with Crippen LogP contribution in [0.3, 0.4) is 0 Å². The second kappa shape index (κ2) is 4.73. The average Bonchev–Trinajstić information content (AvgIpc) is 2.78. The predicted molar refractivity (Wildman–Crippen MR) is 64.5 cm³/mol. The molecular formula is C12H11FN2OS. The monoisotopic (exact) mass is 250 g/mol. The molecule has 5 heteroatoms. The number of carbonyl (C=O) groups excluding carboxylic acids is 1. The standard InChI is InChI=1S/C12H11FN2OS/c1-7(14)12-15-10(6-17-12)11(16)8-2-4-9(13)5-3-8/h2-7H,14H2,1H3. The maximum Gasteiger partial charge on any atom is 0.212 e. The largest absolute Gasteiger partial charge is 0.322 e. The number of carbonyl (C=O) groups is 1. The Morgan fingerprint density at radius 3 is 2.59 bits per heavy atom. The van der Waals surface area contributed by atoms with Gasteiger partial charge in [0.2, 0.25) is 5.78 Å². The van der Waals surface area contributed by atoms with Gasteiger partial charge in [0.05, 0.1) is 6.04 Å². The molecule has 2 rings (SSSR count). The van der Waals surface area contributed by atoms with Crippen molar-refractivity contribution in [3.8, 4) is 0 Å². The highest BCUT2D eigenvalue weighted by Gasteiger charge is 2.14. The van der Waals surface area contributed by atoms with Gasteiger partial charge in [-0.3, -0.25) is 4.79 Å². The van der Waals surface area contributed by atoms with Gasteiger partial charge in [-0.15, -0.1) is 11.3 Å². The van der Waals surface area contributed by atoms with Crippen molar-refractivity contribution in [2.45, 2.75) is 13.0 Å². The molecule has 1 aromatic carbocycles. The van der Waals surface area contributed by atoms with E-state index in [1.165, 1.54) is 35.6 Å². The molecule has 0 amide bonds. The van der Waals surface area contributed by atoms with Crippen molar-refractivity contribution in [3.05, 3.63) is 51.7 Å². The van der Waals surface area contributed by atoms with E-state index < -0.39 is 0 Å². The fraction of sp³-hybridized carbons (Fsp3) is 0.167. The Hall–Kier alpha value is -1.59. The van der Waals surface area contributed by atoms with E-state index >= 15 is 0 Å². The van der Waals surface area contributed by atoms with Crippen LogP contribution < -0.4 is 5.73 Å². The van der Waals surface area contributed by atoms with E-state index in [2.05, 4.69) is 4.98 Å². The van der Waals surface area contributed by atoms with Gasteiger partial charge in [-0.25, -0.2) is 9.37 Å². The van der Waals surface area contributed by atoms with Crippen LogP contribution in [0.4, 0.5) is 4.39 Å². The minimum absolute atomic E-state index is 0.185. The van der Waals surface area contributed by atoms with Gasteiger partial charge in [-0.1, -0.05) is 0 Å². The Balaban J connectivity index is 2.27. The van der Waals surface area contributed by atoms with E-state index in [-0.39, 0.29) is 17.6 Å². The van der Waals surface area contributed by atoms with Crippen molar-refractivity contribution in [2.75, 3.05) is 0 Å². The van der Waals surface area contributed by atoms with Crippen LogP contribution in [0, 0.1) is 5.82 Å². The van der Waals surface area contributed by atoms with Gasteiger partial charge in [0.1, 0.15) is 16.5 Å². The first-order valence-electron chi connectivity index (χ1n) is 5.09. The van der Waals surface area contributed by atoms with Crippen LogP contribution >= 0.6 is 11.3 Å². The molecule has 0 saturated heterocycles. The van der Waals surface area contributed by atoms with Crippen molar-refractivity contribution in [2.24, 2.45) is 5.73 Å². The van der Waals surface area contributed by atoms with Crippen LogP contribution in [0.25, 0.3) is 0 Å². The van der Waals surface area contributed by atoms with Crippen LogP contribution in [-0.4, -0.2) is 10.8 Å². The number of aromatic nitrogens is 1. The summed E-state index contributed by atoms with van der Waals surface area (Å²) in [6.45, 7) is 1.81. The summed E-state index contributed by atoms with van der Waals surface area (Å²) in [4.78, 5) is 16.1. The highest BCUT2D eigenvalue weighted by molar-refractivity contribution is 7.09. The smallest absolute Gasteiger partial charge is 0.212 e. The van der Waals surface area contributed by atoms with Crippen molar-refractivity contribution in [1.29, 1.82) is 0 Å². The Kier molecular flexibility index (Phi) is 3.31. The zero-order valence-corrected chi connectivity index (χ0v) is 10.00. The molecule has 0 aliphatic rings. The SMILES string of the molecule is CC(N)c1nc(C(=O)c2ccc(F)cc2)cs1. The summed E-state index contributed by atoms with van der Waals surface area (Å²) in [5.74, 6) is -0.579. The van der Waals surface area contributed by atoms with Gasteiger partial charge in [0.25, 0.3) is 0 Å². The quantitative estimate of drug-likeness (QED) is 0.852. The van der Waals surface area contributed by atoms with Gasteiger partial charge in [-0.05, 0) is 31.2 Å². The van der Waals surface area contributed by atoms with Gasteiger partial charge in [0, 0.05) is 10.9 Å². The number of thiazole rings is 1. The first kappa shape index (κ1) is 11.9. The van der Waals surface area contributed by atoms with Crippen molar-refractivity contribution in [3.63, 3.8) is 0 Å². The Morgan fingerprint density at radius 1 is 1.41 bits per heavy atom. The molecule has 0 radical (unpaired) electrons. The van der Waals surface area contributed by atoms with Crippen LogP contribution in [-0.2, 0) is 0 Å². The zero-order chi connectivity index (χ0) is 12.4. The van der Waals surface area contributed by atoms with Gasteiger partial charge in [0.15, 0.2) is 0 Å². The third-order valence-electron chi connectivity index (χ3n) is 2.25. The second-order valence-electron chi connectivity index (χ2n) is 3.70. The number of hydrogen-bond acceptors (Lipinski definition) is 4. The summed E-state index contributed by atoms with van der Waals surface area (Å²) in [6.07, 6.45) is 0. The van der Waals surface area contributed by atoms with E-state index in [1.54, 1.807) is 5.38 Å². The predicted octanol–water partition coefficient (Wildman–Crippen LogP) is 2.53. The Labute approximate surface area is 102 Å². The van der Waals surface area contributed by atoms with E-state index in [0.717, 1.165) is 5.01 Å². The van der Waals surface area contributed by atoms with Gasteiger partial charge >= 0.3 is 0 Å². The molecule has 1 atom stereocenters. The summed E-state index contributed by atoms with van der Waals surface area (Å²) in [6, 6.07) is 5.22. The molecule has 0 fully saturated rings. The molecule has 1 unspecified atom stereocenters. The first-order chi connectivity index (χ1) is 8.08. The lowest BCUT2D eigenvalue weighted by Crippen LogP contribution is -2.06. The van der Waals surface area contributed by atoms with Crippen molar-refractivity contribution >= 4 is 17.1 Å². The minimum atomic E-state index is -0.365. The fourth-order valence-electron chi connectivity index (χ4n) is 1.35. The third-order valence-corrected chi connectivity index (χ3v) is 3.30. The maximum absolute atomic E-state index is 12.7. The molecule has 17 heavy (non-hydrogen) atoms. The summed E-state index contributed by atoms with van der Waals surface area (Å²) in [5.41, 5.74) is 6.45. The number of halogens is 1. The summed E-state index contributed by atoms with van der Waals surface area (Å²) >= 11 is 1.35. The highest BCUT2D eigenvalue weighted by atomic mass is 32.1. The number of rotatable bonds is 3. The lowest BCUT2D eigenvalue weighted by atomic mass is 10.1. The molecule has 1 aromatic heterocycles. The van der Waals surface area contributed by atoms with Crippen LogP contribution in [0.5, 0.6) is 0 Å². The highest BCUT2D eigenvalue weighted by Crippen LogP contribution is 2.18. The molecule has 0 aliphatic heterocycles. The molecule has 3 nitrogen and oxygen atoms in total. The van der Waals surface area contributed by atoms with E-state index in [0.29, 0.717) is 11.3 Å². The Morgan fingerprint density at radius 2 is 2.06 bits per heavy atom. The average molecular weight is 250 g/mol. The first-order valence-corrected chi connectivity index (χ1v) is 5.97. The molecule has 0 saturated carbocycles. The lowest BCUT2D eigenvalue weighted by Gasteiger charge is -1.98. The lowest BCUT2D eigenvalue weighted by molar-refractivity contribution is 0.103. The topological polar surface area (TPSA) is 56.0 Å². The number of nitrogens with zero attached hydrogens (tertiary/aromatic N) is 1.